The highest BCUT2D eigenvalue weighted by molar-refractivity contribution is 5.71. The summed E-state index contributed by atoms with van der Waals surface area (Å²) in [5.41, 5.74) is 7.66. The second kappa shape index (κ2) is 11.3. The van der Waals surface area contributed by atoms with Crippen LogP contribution in [0.5, 0.6) is 11.5 Å². The van der Waals surface area contributed by atoms with E-state index in [1.165, 1.54) is 11.1 Å². The highest BCUT2D eigenvalue weighted by Gasteiger charge is 2.27. The first-order valence-electron chi connectivity index (χ1n) is 13.2. The molecule has 0 aliphatic carbocycles. The fraction of sp³-hybridized carbons (Fsp3) is 0.176. The third kappa shape index (κ3) is 5.16. The number of rotatable bonds is 8. The lowest BCUT2D eigenvalue weighted by Crippen LogP contribution is -2.13. The second-order valence-corrected chi connectivity index (χ2v) is 9.53. The molecule has 1 aromatic heterocycles. The van der Waals surface area contributed by atoms with Crippen LogP contribution in [0.25, 0.3) is 22.5 Å². The highest BCUT2D eigenvalue weighted by atomic mass is 16.3. The van der Waals surface area contributed by atoms with Gasteiger partial charge >= 0.3 is 0 Å². The standard InChI is InChI=1S/C34H32N2O2/c1-3-29(23-11-7-5-8-12-23)33-31(25-15-19-27(37)20-16-25)36-34(30(4-2)24-13-9-6-10-14-24)32(35-33)26-17-21-28(38)22-18-26/h5-22,29-30,37-38H,3-4H2,1-2H3. The van der Waals surface area contributed by atoms with Gasteiger partial charge in [0.2, 0.25) is 0 Å². The van der Waals surface area contributed by atoms with Gasteiger partial charge in [-0.15, -0.1) is 0 Å². The van der Waals surface area contributed by atoms with Gasteiger partial charge in [0.15, 0.2) is 0 Å². The summed E-state index contributed by atoms with van der Waals surface area (Å²) >= 11 is 0. The van der Waals surface area contributed by atoms with Crippen molar-refractivity contribution in [2.45, 2.75) is 38.5 Å². The Kier molecular flexibility index (Phi) is 7.50. The average molecular weight is 501 g/mol. The van der Waals surface area contributed by atoms with Gasteiger partial charge < -0.3 is 10.2 Å². The zero-order valence-electron chi connectivity index (χ0n) is 21.8. The maximum absolute atomic E-state index is 9.99. The molecule has 0 saturated heterocycles. The van der Waals surface area contributed by atoms with E-state index in [-0.39, 0.29) is 23.3 Å². The molecular formula is C34H32N2O2. The van der Waals surface area contributed by atoms with Gasteiger partial charge in [-0.1, -0.05) is 74.5 Å². The molecule has 2 unspecified atom stereocenters. The summed E-state index contributed by atoms with van der Waals surface area (Å²) in [6, 6.07) is 35.3. The molecule has 0 bridgehead atoms. The topological polar surface area (TPSA) is 66.2 Å². The molecule has 0 radical (unpaired) electrons. The minimum absolute atomic E-state index is 0.0363. The van der Waals surface area contributed by atoms with Gasteiger partial charge in [-0.3, -0.25) is 0 Å². The molecule has 38 heavy (non-hydrogen) atoms. The lowest BCUT2D eigenvalue weighted by Gasteiger charge is -2.24. The maximum Gasteiger partial charge on any atom is 0.115 e. The second-order valence-electron chi connectivity index (χ2n) is 9.53. The molecule has 1 heterocycles. The van der Waals surface area contributed by atoms with Crippen LogP contribution in [0.2, 0.25) is 0 Å². The van der Waals surface area contributed by atoms with Crippen LogP contribution in [0.1, 0.15) is 61.0 Å². The monoisotopic (exact) mass is 500 g/mol. The average Bonchev–Trinajstić information content (AvgIpc) is 2.96. The molecule has 0 spiro atoms. The minimum Gasteiger partial charge on any atom is -0.508 e. The summed E-state index contributed by atoms with van der Waals surface area (Å²) < 4.78 is 0. The molecule has 4 nitrogen and oxygen atoms in total. The van der Waals surface area contributed by atoms with Crippen molar-refractivity contribution in [1.82, 2.24) is 9.97 Å². The molecule has 0 fully saturated rings. The molecule has 0 aliphatic heterocycles. The summed E-state index contributed by atoms with van der Waals surface area (Å²) in [6.45, 7) is 4.35. The van der Waals surface area contributed by atoms with Crippen LogP contribution in [0.3, 0.4) is 0 Å². The molecule has 5 aromatic rings. The van der Waals surface area contributed by atoms with E-state index in [0.717, 1.165) is 46.7 Å². The van der Waals surface area contributed by atoms with Crippen LogP contribution < -0.4 is 0 Å². The van der Waals surface area contributed by atoms with Crippen molar-refractivity contribution in [2.24, 2.45) is 0 Å². The zero-order chi connectivity index (χ0) is 26.5. The molecular weight excluding hydrogens is 468 g/mol. The number of aromatic nitrogens is 2. The third-order valence-corrected chi connectivity index (χ3v) is 7.11. The first-order chi connectivity index (χ1) is 18.6. The third-order valence-electron chi connectivity index (χ3n) is 7.11. The van der Waals surface area contributed by atoms with Crippen molar-refractivity contribution in [3.05, 3.63) is 132 Å². The van der Waals surface area contributed by atoms with Crippen LogP contribution in [0.4, 0.5) is 0 Å². The number of phenols is 2. The Balaban J connectivity index is 1.82. The molecule has 2 atom stereocenters. The van der Waals surface area contributed by atoms with Crippen LogP contribution in [-0.2, 0) is 0 Å². The predicted octanol–water partition coefficient (Wildman–Crippen LogP) is 8.31. The largest absolute Gasteiger partial charge is 0.508 e. The van der Waals surface area contributed by atoms with Crippen molar-refractivity contribution in [3.63, 3.8) is 0 Å². The van der Waals surface area contributed by atoms with Gasteiger partial charge in [0, 0.05) is 23.0 Å². The lowest BCUT2D eigenvalue weighted by molar-refractivity contribution is 0.475. The Labute approximate surface area is 224 Å². The van der Waals surface area contributed by atoms with Crippen molar-refractivity contribution in [2.75, 3.05) is 0 Å². The van der Waals surface area contributed by atoms with Crippen molar-refractivity contribution in [3.8, 4) is 34.0 Å². The molecule has 5 rings (SSSR count). The lowest BCUT2D eigenvalue weighted by atomic mass is 9.87. The number of phenolic OH excluding ortho intramolecular Hbond substituents is 2. The molecule has 2 N–H and O–H groups in total. The summed E-state index contributed by atoms with van der Waals surface area (Å²) in [5.74, 6) is 0.508. The van der Waals surface area contributed by atoms with Crippen molar-refractivity contribution in [1.29, 1.82) is 0 Å². The number of nitrogens with zero attached hydrogens (tertiary/aromatic N) is 2. The van der Waals surface area contributed by atoms with Gasteiger partial charge in [0.25, 0.3) is 0 Å². The van der Waals surface area contributed by atoms with E-state index in [2.05, 4.69) is 62.4 Å². The summed E-state index contributed by atoms with van der Waals surface area (Å²) in [5, 5.41) is 20.0. The SMILES string of the molecule is CCC(c1ccccc1)c1nc(-c2ccc(O)cc2)c(C(CC)c2ccccc2)nc1-c1ccc(O)cc1. The number of aromatic hydroxyl groups is 2. The number of benzene rings is 4. The van der Waals surface area contributed by atoms with Crippen LogP contribution in [0.15, 0.2) is 109 Å². The van der Waals surface area contributed by atoms with Gasteiger partial charge in [-0.05, 0) is 72.5 Å². The van der Waals surface area contributed by atoms with E-state index >= 15 is 0 Å². The molecule has 0 saturated carbocycles. The number of hydrogen-bond donors (Lipinski definition) is 2. The van der Waals surface area contributed by atoms with Crippen LogP contribution >= 0.6 is 0 Å². The fourth-order valence-corrected chi connectivity index (χ4v) is 5.16. The Morgan fingerprint density at radius 3 is 1.16 bits per heavy atom. The van der Waals surface area contributed by atoms with E-state index in [4.69, 9.17) is 9.97 Å². The molecule has 4 heteroatoms. The van der Waals surface area contributed by atoms with Crippen molar-refractivity contribution >= 4 is 0 Å². The van der Waals surface area contributed by atoms with Crippen LogP contribution in [-0.4, -0.2) is 20.2 Å². The predicted molar refractivity (Wildman–Crippen MR) is 153 cm³/mol. The molecule has 0 amide bonds. The first-order valence-corrected chi connectivity index (χ1v) is 13.2. The smallest absolute Gasteiger partial charge is 0.115 e. The van der Waals surface area contributed by atoms with E-state index in [1.54, 1.807) is 24.3 Å². The zero-order valence-corrected chi connectivity index (χ0v) is 21.8. The van der Waals surface area contributed by atoms with Gasteiger partial charge in [0.1, 0.15) is 11.5 Å². The fourth-order valence-electron chi connectivity index (χ4n) is 5.16. The number of hydrogen-bond acceptors (Lipinski definition) is 4. The van der Waals surface area contributed by atoms with Gasteiger partial charge in [0.05, 0.1) is 22.8 Å². The summed E-state index contributed by atoms with van der Waals surface area (Å²) in [6.07, 6.45) is 1.71. The van der Waals surface area contributed by atoms with Gasteiger partial charge in [-0.2, -0.15) is 0 Å². The Bertz CT molecular complexity index is 1370. The summed E-state index contributed by atoms with van der Waals surface area (Å²) in [4.78, 5) is 10.8. The van der Waals surface area contributed by atoms with E-state index < -0.39 is 0 Å². The first kappa shape index (κ1) is 25.2. The maximum atomic E-state index is 9.99. The van der Waals surface area contributed by atoms with Gasteiger partial charge in [-0.25, -0.2) is 9.97 Å². The molecule has 190 valence electrons. The van der Waals surface area contributed by atoms with E-state index in [0.29, 0.717) is 0 Å². The van der Waals surface area contributed by atoms with E-state index in [9.17, 15) is 10.2 Å². The van der Waals surface area contributed by atoms with E-state index in [1.807, 2.05) is 36.4 Å². The summed E-state index contributed by atoms with van der Waals surface area (Å²) in [7, 11) is 0. The highest BCUT2D eigenvalue weighted by Crippen LogP contribution is 2.40. The Morgan fingerprint density at radius 1 is 0.500 bits per heavy atom. The normalized spacial score (nSPS) is 12.7. The quantitative estimate of drug-likeness (QED) is 0.225. The van der Waals surface area contributed by atoms with Crippen molar-refractivity contribution < 1.29 is 10.2 Å². The molecule has 4 aromatic carbocycles. The Morgan fingerprint density at radius 2 is 0.842 bits per heavy atom. The minimum atomic E-state index is 0.0363. The Hall–Kier alpha value is -4.44. The molecule has 0 aliphatic rings. The van der Waals surface area contributed by atoms with Crippen LogP contribution in [0, 0.1) is 0 Å².